The maximum atomic E-state index is 12.9. The molecule has 10 heteroatoms. The zero-order valence-corrected chi connectivity index (χ0v) is 18.6. The van der Waals surface area contributed by atoms with E-state index in [1.165, 1.54) is 24.4 Å². The Labute approximate surface area is 199 Å². The fourth-order valence-electron chi connectivity index (χ4n) is 2.64. The number of esters is 1. The first kappa shape index (κ1) is 24.4. The third-order valence-electron chi connectivity index (χ3n) is 4.24. The summed E-state index contributed by atoms with van der Waals surface area (Å²) in [6.07, 6.45) is 1.29. The van der Waals surface area contributed by atoms with Crippen molar-refractivity contribution in [1.29, 1.82) is 0 Å². The van der Waals surface area contributed by atoms with Gasteiger partial charge in [0, 0.05) is 10.7 Å². The van der Waals surface area contributed by atoms with Gasteiger partial charge in [-0.1, -0.05) is 11.6 Å². The normalized spacial score (nSPS) is 10.6. The molecule has 2 N–H and O–H groups in total. The zero-order chi connectivity index (χ0) is 24.5. The Kier molecular flexibility index (Phi) is 8.31. The van der Waals surface area contributed by atoms with Crippen LogP contribution in [-0.2, 0) is 9.59 Å². The van der Waals surface area contributed by atoms with Crippen LogP contribution in [0.1, 0.15) is 22.8 Å². The van der Waals surface area contributed by atoms with Gasteiger partial charge in [0.15, 0.2) is 11.5 Å². The number of amides is 2. The van der Waals surface area contributed by atoms with Gasteiger partial charge in [0.25, 0.3) is 0 Å². The lowest BCUT2D eigenvalue weighted by atomic mass is 10.2. The molecule has 3 aromatic carbocycles. The summed E-state index contributed by atoms with van der Waals surface area (Å²) in [6.45, 7) is 2.08. The fourth-order valence-corrected chi connectivity index (χ4v) is 2.77. The number of nitrogens with one attached hydrogen (secondary N) is 2. The van der Waals surface area contributed by atoms with Crippen molar-refractivity contribution in [3.05, 3.63) is 88.7 Å². The minimum atomic E-state index is -1.01. The maximum absolute atomic E-state index is 12.9. The molecule has 0 unspecified atom stereocenters. The average molecular weight is 484 g/mol. The highest BCUT2D eigenvalue weighted by Gasteiger charge is 2.14. The first-order valence-electron chi connectivity index (χ1n) is 10.00. The molecule has 0 fully saturated rings. The molecule has 34 heavy (non-hydrogen) atoms. The van der Waals surface area contributed by atoms with Crippen molar-refractivity contribution in [1.82, 2.24) is 5.43 Å². The van der Waals surface area contributed by atoms with Crippen molar-refractivity contribution in [3.63, 3.8) is 0 Å². The molecule has 0 heterocycles. The summed E-state index contributed by atoms with van der Waals surface area (Å²) in [5.74, 6) is -2.55. The number of carbonyl (C=O) groups is 3. The van der Waals surface area contributed by atoms with Gasteiger partial charge in [-0.2, -0.15) is 5.10 Å². The van der Waals surface area contributed by atoms with Crippen LogP contribution >= 0.6 is 11.6 Å². The SMILES string of the molecule is CCOc1cc(/C=N/NC(=O)C(=O)Nc2ccc(F)cc2)ccc1OC(=O)c1ccc(Cl)cc1. The number of benzene rings is 3. The minimum absolute atomic E-state index is 0.196. The maximum Gasteiger partial charge on any atom is 0.343 e. The van der Waals surface area contributed by atoms with Gasteiger partial charge < -0.3 is 14.8 Å². The fraction of sp³-hybridized carbons (Fsp3) is 0.0833. The highest BCUT2D eigenvalue weighted by molar-refractivity contribution is 6.39. The van der Waals surface area contributed by atoms with Crippen molar-refractivity contribution < 1.29 is 28.2 Å². The number of halogens is 2. The van der Waals surface area contributed by atoms with E-state index in [0.717, 1.165) is 12.1 Å². The monoisotopic (exact) mass is 483 g/mol. The van der Waals surface area contributed by atoms with Gasteiger partial charge in [0.2, 0.25) is 0 Å². The second-order valence-electron chi connectivity index (χ2n) is 6.70. The zero-order valence-electron chi connectivity index (χ0n) is 17.9. The molecule has 0 atom stereocenters. The van der Waals surface area contributed by atoms with Gasteiger partial charge in [0.05, 0.1) is 18.4 Å². The van der Waals surface area contributed by atoms with Gasteiger partial charge in [-0.25, -0.2) is 14.6 Å². The highest BCUT2D eigenvalue weighted by atomic mass is 35.5. The molecule has 0 saturated carbocycles. The molecule has 0 aromatic heterocycles. The standard InChI is InChI=1S/C24H19ClFN3O5/c1-2-33-21-13-15(3-12-20(21)34-24(32)16-4-6-17(25)7-5-16)14-27-29-23(31)22(30)28-19-10-8-18(26)9-11-19/h3-14H,2H2,1H3,(H,28,30)(H,29,31)/b27-14+. The minimum Gasteiger partial charge on any atom is -0.490 e. The van der Waals surface area contributed by atoms with Gasteiger partial charge in [-0.15, -0.1) is 0 Å². The summed E-state index contributed by atoms with van der Waals surface area (Å²) in [5, 5.41) is 6.56. The van der Waals surface area contributed by atoms with Crippen LogP contribution in [0.5, 0.6) is 11.5 Å². The summed E-state index contributed by atoms with van der Waals surface area (Å²) in [6, 6.07) is 15.8. The Morgan fingerprint density at radius 2 is 1.68 bits per heavy atom. The topological polar surface area (TPSA) is 106 Å². The summed E-state index contributed by atoms with van der Waals surface area (Å²) in [5.41, 5.74) is 3.18. The molecule has 2 amide bonds. The van der Waals surface area contributed by atoms with Crippen LogP contribution in [0.2, 0.25) is 5.02 Å². The Hall–Kier alpha value is -4.24. The van der Waals surface area contributed by atoms with E-state index in [-0.39, 0.29) is 17.2 Å². The van der Waals surface area contributed by atoms with Crippen molar-refractivity contribution >= 4 is 41.3 Å². The van der Waals surface area contributed by atoms with E-state index >= 15 is 0 Å². The lowest BCUT2D eigenvalue weighted by Crippen LogP contribution is -2.32. The number of nitrogens with zero attached hydrogens (tertiary/aromatic N) is 1. The van der Waals surface area contributed by atoms with Crippen molar-refractivity contribution in [2.45, 2.75) is 6.92 Å². The van der Waals surface area contributed by atoms with E-state index in [9.17, 15) is 18.8 Å². The van der Waals surface area contributed by atoms with Crippen LogP contribution < -0.4 is 20.2 Å². The molecule has 0 aliphatic carbocycles. The van der Waals surface area contributed by atoms with Crippen molar-refractivity contribution in [3.8, 4) is 11.5 Å². The lowest BCUT2D eigenvalue weighted by Gasteiger charge is -2.11. The quantitative estimate of drug-likeness (QED) is 0.172. The summed E-state index contributed by atoms with van der Waals surface area (Å²) in [4.78, 5) is 36.2. The van der Waals surface area contributed by atoms with E-state index in [4.69, 9.17) is 21.1 Å². The molecule has 0 radical (unpaired) electrons. The van der Waals surface area contributed by atoms with Gasteiger partial charge in [-0.3, -0.25) is 9.59 Å². The first-order valence-corrected chi connectivity index (χ1v) is 10.4. The largest absolute Gasteiger partial charge is 0.490 e. The van der Waals surface area contributed by atoms with E-state index in [2.05, 4.69) is 15.8 Å². The molecule has 0 saturated heterocycles. The van der Waals surface area contributed by atoms with E-state index < -0.39 is 23.6 Å². The Morgan fingerprint density at radius 1 is 0.971 bits per heavy atom. The van der Waals surface area contributed by atoms with Gasteiger partial charge in [-0.05, 0) is 79.2 Å². The molecule has 0 spiro atoms. The highest BCUT2D eigenvalue weighted by Crippen LogP contribution is 2.29. The predicted molar refractivity (Wildman–Crippen MR) is 125 cm³/mol. The number of hydrazone groups is 1. The second kappa shape index (κ2) is 11.6. The molecule has 8 nitrogen and oxygen atoms in total. The second-order valence-corrected chi connectivity index (χ2v) is 7.13. The molecule has 3 aromatic rings. The molecular weight excluding hydrogens is 465 g/mol. The van der Waals surface area contributed by atoms with Crippen LogP contribution in [0.15, 0.2) is 71.8 Å². The predicted octanol–water partition coefficient (Wildman–Crippen LogP) is 4.19. The van der Waals surface area contributed by atoms with E-state index in [1.54, 1.807) is 43.3 Å². The molecule has 174 valence electrons. The molecule has 3 rings (SSSR count). The number of hydrogen-bond acceptors (Lipinski definition) is 6. The summed E-state index contributed by atoms with van der Waals surface area (Å²) < 4.78 is 23.9. The van der Waals surface area contributed by atoms with E-state index in [0.29, 0.717) is 22.8 Å². The molecule has 0 aliphatic rings. The molecule has 0 bridgehead atoms. The Balaban J connectivity index is 1.62. The number of rotatable bonds is 7. The lowest BCUT2D eigenvalue weighted by molar-refractivity contribution is -0.136. The van der Waals surface area contributed by atoms with Gasteiger partial charge >= 0.3 is 17.8 Å². The number of ether oxygens (including phenoxy) is 2. The van der Waals surface area contributed by atoms with Crippen LogP contribution in [0, 0.1) is 5.82 Å². The Bertz CT molecular complexity index is 1210. The Morgan fingerprint density at radius 3 is 2.35 bits per heavy atom. The average Bonchev–Trinajstić information content (AvgIpc) is 2.82. The third kappa shape index (κ3) is 6.88. The number of carbonyl (C=O) groups excluding carboxylic acids is 3. The van der Waals surface area contributed by atoms with Crippen LogP contribution in [-0.4, -0.2) is 30.6 Å². The van der Waals surface area contributed by atoms with E-state index in [1.807, 2.05) is 0 Å². The van der Waals surface area contributed by atoms with Crippen LogP contribution in [0.25, 0.3) is 0 Å². The molecule has 0 aliphatic heterocycles. The summed E-state index contributed by atoms with van der Waals surface area (Å²) in [7, 11) is 0. The molecular formula is C24H19ClFN3O5. The summed E-state index contributed by atoms with van der Waals surface area (Å²) >= 11 is 5.84. The third-order valence-corrected chi connectivity index (χ3v) is 4.49. The first-order chi connectivity index (χ1) is 16.4. The van der Waals surface area contributed by atoms with Crippen LogP contribution in [0.4, 0.5) is 10.1 Å². The van der Waals surface area contributed by atoms with Crippen molar-refractivity contribution in [2.75, 3.05) is 11.9 Å². The number of anilines is 1. The smallest absolute Gasteiger partial charge is 0.343 e. The van der Waals surface area contributed by atoms with Gasteiger partial charge in [0.1, 0.15) is 5.82 Å². The number of hydrogen-bond donors (Lipinski definition) is 2. The van der Waals surface area contributed by atoms with Crippen molar-refractivity contribution in [2.24, 2.45) is 5.10 Å². The van der Waals surface area contributed by atoms with Crippen LogP contribution in [0.3, 0.4) is 0 Å².